The second kappa shape index (κ2) is 8.83. The lowest BCUT2D eigenvalue weighted by Crippen LogP contribution is -2.20. The summed E-state index contributed by atoms with van der Waals surface area (Å²) in [5, 5.41) is 4.08. The van der Waals surface area contributed by atoms with Gasteiger partial charge in [-0.1, -0.05) is 30.1 Å². The first-order valence-electron chi connectivity index (χ1n) is 7.02. The SMILES string of the molecule is CCCNCCCCS(=O)(=O)Nc1cc(Cl)c(C)cc1Cl. The first kappa shape index (κ1) is 18.6. The molecule has 0 aliphatic carbocycles. The minimum atomic E-state index is -3.40. The molecule has 0 spiro atoms. The zero-order chi connectivity index (χ0) is 15.9. The number of benzene rings is 1. The molecule has 2 N–H and O–H groups in total. The Bertz CT molecular complexity index is 562. The second-order valence-electron chi connectivity index (χ2n) is 4.96. The van der Waals surface area contributed by atoms with Crippen molar-refractivity contribution >= 4 is 38.9 Å². The fourth-order valence-electron chi connectivity index (χ4n) is 1.79. The number of anilines is 1. The molecule has 1 aromatic rings. The van der Waals surface area contributed by atoms with Gasteiger partial charge in [-0.15, -0.1) is 0 Å². The van der Waals surface area contributed by atoms with Crippen LogP contribution in [0.2, 0.25) is 10.0 Å². The van der Waals surface area contributed by atoms with E-state index in [0.29, 0.717) is 22.2 Å². The van der Waals surface area contributed by atoms with Crippen LogP contribution in [0.5, 0.6) is 0 Å². The van der Waals surface area contributed by atoms with Crippen molar-refractivity contribution in [2.24, 2.45) is 0 Å². The van der Waals surface area contributed by atoms with Gasteiger partial charge in [-0.05, 0) is 57.0 Å². The molecule has 7 heteroatoms. The maximum Gasteiger partial charge on any atom is 0.232 e. The number of halogens is 2. The van der Waals surface area contributed by atoms with Crippen molar-refractivity contribution in [3.05, 3.63) is 27.7 Å². The van der Waals surface area contributed by atoms with Gasteiger partial charge < -0.3 is 5.32 Å². The Kier molecular flexibility index (Phi) is 7.81. The standard InChI is InChI=1S/C14H22Cl2N2O2S/c1-3-6-17-7-4-5-8-21(19,20)18-14-10-12(15)11(2)9-13(14)16/h9-10,17-18H,3-8H2,1-2H3. The Hall–Kier alpha value is -0.490. The van der Waals surface area contributed by atoms with E-state index in [2.05, 4.69) is 17.0 Å². The smallest absolute Gasteiger partial charge is 0.232 e. The first-order chi connectivity index (χ1) is 9.85. The molecule has 0 fully saturated rings. The quantitative estimate of drug-likeness (QED) is 0.664. The summed E-state index contributed by atoms with van der Waals surface area (Å²) in [5.41, 5.74) is 1.14. The Morgan fingerprint density at radius 2 is 1.81 bits per heavy atom. The normalized spacial score (nSPS) is 11.6. The molecule has 0 aliphatic rings. The van der Waals surface area contributed by atoms with E-state index in [9.17, 15) is 8.42 Å². The van der Waals surface area contributed by atoms with E-state index in [0.717, 1.165) is 31.5 Å². The van der Waals surface area contributed by atoms with Crippen molar-refractivity contribution in [1.82, 2.24) is 5.32 Å². The van der Waals surface area contributed by atoms with Crippen molar-refractivity contribution in [3.63, 3.8) is 0 Å². The lowest BCUT2D eigenvalue weighted by atomic mass is 10.2. The highest BCUT2D eigenvalue weighted by atomic mass is 35.5. The lowest BCUT2D eigenvalue weighted by molar-refractivity contribution is 0.590. The maximum atomic E-state index is 12.0. The van der Waals surface area contributed by atoms with Crippen LogP contribution < -0.4 is 10.0 Å². The van der Waals surface area contributed by atoms with E-state index in [1.54, 1.807) is 12.1 Å². The highest BCUT2D eigenvalue weighted by Crippen LogP contribution is 2.29. The highest BCUT2D eigenvalue weighted by Gasteiger charge is 2.13. The van der Waals surface area contributed by atoms with E-state index in [1.807, 2.05) is 6.92 Å². The van der Waals surface area contributed by atoms with Gasteiger partial charge in [0, 0.05) is 5.02 Å². The summed E-state index contributed by atoms with van der Waals surface area (Å²) >= 11 is 12.0. The molecule has 1 aromatic carbocycles. The van der Waals surface area contributed by atoms with Crippen LogP contribution in [0.3, 0.4) is 0 Å². The van der Waals surface area contributed by atoms with Crippen LogP contribution in [0.25, 0.3) is 0 Å². The number of nitrogens with one attached hydrogen (secondary N) is 2. The van der Waals surface area contributed by atoms with Crippen molar-refractivity contribution < 1.29 is 8.42 Å². The second-order valence-corrected chi connectivity index (χ2v) is 7.62. The van der Waals surface area contributed by atoms with Crippen LogP contribution in [0.15, 0.2) is 12.1 Å². The van der Waals surface area contributed by atoms with Crippen molar-refractivity contribution in [2.75, 3.05) is 23.6 Å². The molecule has 0 aromatic heterocycles. The molecule has 120 valence electrons. The average Bonchev–Trinajstić information content (AvgIpc) is 2.40. The number of rotatable bonds is 9. The molecule has 21 heavy (non-hydrogen) atoms. The Morgan fingerprint density at radius 1 is 1.10 bits per heavy atom. The van der Waals surface area contributed by atoms with E-state index >= 15 is 0 Å². The van der Waals surface area contributed by atoms with E-state index in [1.165, 1.54) is 0 Å². The third-order valence-corrected chi connectivity index (χ3v) is 5.03. The third-order valence-electron chi connectivity index (χ3n) is 2.96. The Balaban J connectivity index is 2.51. The average molecular weight is 353 g/mol. The van der Waals surface area contributed by atoms with Crippen molar-refractivity contribution in [3.8, 4) is 0 Å². The molecular weight excluding hydrogens is 331 g/mol. The summed E-state index contributed by atoms with van der Waals surface area (Å²) in [4.78, 5) is 0. The molecule has 1 rings (SSSR count). The summed E-state index contributed by atoms with van der Waals surface area (Å²) in [5.74, 6) is 0.0721. The molecule has 0 atom stereocenters. The molecule has 0 aliphatic heterocycles. The number of unbranched alkanes of at least 4 members (excludes halogenated alkanes) is 1. The molecule has 0 saturated carbocycles. The molecule has 0 radical (unpaired) electrons. The van der Waals surface area contributed by atoms with Gasteiger partial charge in [0.05, 0.1) is 16.5 Å². The predicted molar refractivity (Wildman–Crippen MR) is 91.0 cm³/mol. The van der Waals surface area contributed by atoms with E-state index in [-0.39, 0.29) is 5.75 Å². The number of hydrogen-bond acceptors (Lipinski definition) is 3. The molecule has 4 nitrogen and oxygen atoms in total. The minimum Gasteiger partial charge on any atom is -0.317 e. The number of hydrogen-bond donors (Lipinski definition) is 2. The van der Waals surface area contributed by atoms with E-state index in [4.69, 9.17) is 23.2 Å². The summed E-state index contributed by atoms with van der Waals surface area (Å²) in [6, 6.07) is 3.19. The van der Waals surface area contributed by atoms with Gasteiger partial charge in [-0.3, -0.25) is 4.72 Å². The molecular formula is C14H22Cl2N2O2S. The third kappa shape index (κ3) is 6.87. The largest absolute Gasteiger partial charge is 0.317 e. The summed E-state index contributed by atoms with van der Waals surface area (Å²) in [7, 11) is -3.40. The number of sulfonamides is 1. The van der Waals surface area contributed by atoms with Gasteiger partial charge in [0.2, 0.25) is 10.0 Å². The van der Waals surface area contributed by atoms with E-state index < -0.39 is 10.0 Å². The topological polar surface area (TPSA) is 58.2 Å². The van der Waals surface area contributed by atoms with Crippen LogP contribution >= 0.6 is 23.2 Å². The van der Waals surface area contributed by atoms with Gasteiger partial charge in [-0.25, -0.2) is 8.42 Å². The highest BCUT2D eigenvalue weighted by molar-refractivity contribution is 7.92. The van der Waals surface area contributed by atoms with Crippen LogP contribution in [0.4, 0.5) is 5.69 Å². The van der Waals surface area contributed by atoms with Gasteiger partial charge in [0.25, 0.3) is 0 Å². The zero-order valence-corrected chi connectivity index (χ0v) is 14.7. The van der Waals surface area contributed by atoms with Crippen LogP contribution in [0.1, 0.15) is 31.7 Å². The fraction of sp³-hybridized carbons (Fsp3) is 0.571. The van der Waals surface area contributed by atoms with Crippen LogP contribution in [-0.4, -0.2) is 27.3 Å². The van der Waals surface area contributed by atoms with Crippen molar-refractivity contribution in [2.45, 2.75) is 33.1 Å². The minimum absolute atomic E-state index is 0.0721. The van der Waals surface area contributed by atoms with Gasteiger partial charge in [0.15, 0.2) is 0 Å². The van der Waals surface area contributed by atoms with Crippen molar-refractivity contribution in [1.29, 1.82) is 0 Å². The zero-order valence-electron chi connectivity index (χ0n) is 12.4. The predicted octanol–water partition coefficient (Wildman–Crippen LogP) is 3.82. The van der Waals surface area contributed by atoms with Crippen LogP contribution in [-0.2, 0) is 10.0 Å². The Morgan fingerprint density at radius 3 is 2.48 bits per heavy atom. The molecule has 0 saturated heterocycles. The molecule has 0 bridgehead atoms. The maximum absolute atomic E-state index is 12.0. The van der Waals surface area contributed by atoms with Gasteiger partial charge in [0.1, 0.15) is 0 Å². The van der Waals surface area contributed by atoms with Gasteiger partial charge >= 0.3 is 0 Å². The number of aryl methyl sites for hydroxylation is 1. The molecule has 0 unspecified atom stereocenters. The molecule has 0 amide bonds. The summed E-state index contributed by atoms with van der Waals surface area (Å²) in [6.07, 6.45) is 2.50. The molecule has 0 heterocycles. The lowest BCUT2D eigenvalue weighted by Gasteiger charge is -2.11. The monoisotopic (exact) mass is 352 g/mol. The summed E-state index contributed by atoms with van der Waals surface area (Å²) < 4.78 is 26.5. The van der Waals surface area contributed by atoms with Gasteiger partial charge in [-0.2, -0.15) is 0 Å². The fourth-order valence-corrected chi connectivity index (χ4v) is 3.46. The Labute approximate surface area is 137 Å². The summed E-state index contributed by atoms with van der Waals surface area (Å²) in [6.45, 7) is 5.70. The first-order valence-corrected chi connectivity index (χ1v) is 9.43. The van der Waals surface area contributed by atoms with Crippen LogP contribution in [0, 0.1) is 6.92 Å².